The lowest BCUT2D eigenvalue weighted by Crippen LogP contribution is -2.54. The van der Waals surface area contributed by atoms with Gasteiger partial charge in [-0.2, -0.15) is 0 Å². The van der Waals surface area contributed by atoms with E-state index in [1.54, 1.807) is 0 Å². The van der Waals surface area contributed by atoms with Crippen LogP contribution in [0.3, 0.4) is 0 Å². The Balaban J connectivity index is 2.22. The third kappa shape index (κ3) is 3.20. The molecule has 0 aliphatic carbocycles. The van der Waals surface area contributed by atoms with Crippen molar-refractivity contribution in [1.82, 2.24) is 16.2 Å². The minimum absolute atomic E-state index is 0.285. The van der Waals surface area contributed by atoms with Gasteiger partial charge in [-0.15, -0.1) is 0 Å². The smallest absolute Gasteiger partial charge is 0.421 e. The highest BCUT2D eigenvalue weighted by atomic mass is 16.5. The molecule has 1 aliphatic rings. The zero-order valence-electron chi connectivity index (χ0n) is 8.09. The van der Waals surface area contributed by atoms with Gasteiger partial charge in [0.25, 0.3) is 0 Å². The molecule has 2 unspecified atom stereocenters. The second-order valence-electron chi connectivity index (χ2n) is 3.34. The molecule has 0 radical (unpaired) electrons. The van der Waals surface area contributed by atoms with Gasteiger partial charge in [0.1, 0.15) is 0 Å². The van der Waals surface area contributed by atoms with Crippen molar-refractivity contribution < 1.29 is 9.53 Å². The summed E-state index contributed by atoms with van der Waals surface area (Å²) in [4.78, 5) is 10.7. The third-order valence-corrected chi connectivity index (χ3v) is 2.37. The van der Waals surface area contributed by atoms with E-state index in [0.717, 1.165) is 19.5 Å². The van der Waals surface area contributed by atoms with E-state index in [2.05, 4.69) is 27.8 Å². The van der Waals surface area contributed by atoms with Gasteiger partial charge < -0.3 is 10.1 Å². The van der Waals surface area contributed by atoms with Crippen LogP contribution in [0.25, 0.3) is 0 Å². The van der Waals surface area contributed by atoms with Gasteiger partial charge in [-0.25, -0.2) is 10.2 Å². The number of piperidine rings is 1. The summed E-state index contributed by atoms with van der Waals surface area (Å²) in [7, 11) is 1.35. The first-order valence-corrected chi connectivity index (χ1v) is 4.54. The number of amides is 1. The number of methoxy groups -OCH3 is 1. The van der Waals surface area contributed by atoms with Crippen LogP contribution in [0, 0.1) is 5.92 Å². The van der Waals surface area contributed by atoms with Crippen molar-refractivity contribution in [2.75, 3.05) is 20.2 Å². The van der Waals surface area contributed by atoms with Crippen molar-refractivity contribution in [3.05, 3.63) is 0 Å². The molecule has 0 aromatic heterocycles. The summed E-state index contributed by atoms with van der Waals surface area (Å²) in [6, 6.07) is 0.285. The molecule has 5 nitrogen and oxygen atoms in total. The Labute approximate surface area is 78.2 Å². The van der Waals surface area contributed by atoms with E-state index >= 15 is 0 Å². The standard InChI is InChI=1S/C8H17N3O2/c1-6-3-4-9-5-7(6)10-11-8(12)13-2/h6-7,9-10H,3-5H2,1-2H3,(H,11,12). The van der Waals surface area contributed by atoms with Gasteiger partial charge in [0.15, 0.2) is 0 Å². The Bertz CT molecular complexity index is 175. The molecule has 0 bridgehead atoms. The summed E-state index contributed by atoms with van der Waals surface area (Å²) < 4.78 is 4.44. The highest BCUT2D eigenvalue weighted by Crippen LogP contribution is 2.09. The fourth-order valence-corrected chi connectivity index (χ4v) is 1.39. The molecule has 0 saturated carbocycles. The molecule has 1 rings (SSSR count). The van der Waals surface area contributed by atoms with E-state index in [-0.39, 0.29) is 6.04 Å². The Morgan fingerprint density at radius 3 is 3.00 bits per heavy atom. The monoisotopic (exact) mass is 187 g/mol. The van der Waals surface area contributed by atoms with E-state index in [1.807, 2.05) is 0 Å². The maximum atomic E-state index is 10.7. The molecule has 0 spiro atoms. The van der Waals surface area contributed by atoms with Gasteiger partial charge in [0, 0.05) is 12.6 Å². The van der Waals surface area contributed by atoms with Crippen LogP contribution in [0.2, 0.25) is 0 Å². The van der Waals surface area contributed by atoms with Crippen LogP contribution in [0.1, 0.15) is 13.3 Å². The molecular formula is C8H17N3O2. The van der Waals surface area contributed by atoms with Crippen LogP contribution in [0.5, 0.6) is 0 Å². The van der Waals surface area contributed by atoms with Gasteiger partial charge in [0.05, 0.1) is 7.11 Å². The third-order valence-electron chi connectivity index (χ3n) is 2.37. The Hall–Kier alpha value is -0.810. The average Bonchev–Trinajstić information content (AvgIpc) is 2.16. The SMILES string of the molecule is COC(=O)NNC1CNCCC1C. The Kier molecular flexibility index (Phi) is 3.98. The zero-order chi connectivity index (χ0) is 9.68. The lowest BCUT2D eigenvalue weighted by molar-refractivity contribution is 0.158. The molecule has 76 valence electrons. The lowest BCUT2D eigenvalue weighted by Gasteiger charge is -2.29. The molecule has 2 atom stereocenters. The normalized spacial score (nSPS) is 28.2. The van der Waals surface area contributed by atoms with Crippen molar-refractivity contribution in [2.45, 2.75) is 19.4 Å². The fourth-order valence-electron chi connectivity index (χ4n) is 1.39. The Morgan fingerprint density at radius 2 is 2.38 bits per heavy atom. The van der Waals surface area contributed by atoms with Crippen LogP contribution < -0.4 is 16.2 Å². The average molecular weight is 187 g/mol. The van der Waals surface area contributed by atoms with Crippen molar-refractivity contribution in [1.29, 1.82) is 0 Å². The molecule has 1 fully saturated rings. The summed E-state index contributed by atoms with van der Waals surface area (Å²) in [5.74, 6) is 0.568. The van der Waals surface area contributed by atoms with Crippen LogP contribution in [0.4, 0.5) is 4.79 Å². The van der Waals surface area contributed by atoms with Gasteiger partial charge in [-0.3, -0.25) is 5.43 Å². The first kappa shape index (κ1) is 10.3. The minimum atomic E-state index is -0.447. The number of hydrogen-bond acceptors (Lipinski definition) is 4. The predicted octanol–water partition coefficient (Wildman–Crippen LogP) is -0.155. The number of ether oxygens (including phenoxy) is 1. The zero-order valence-corrected chi connectivity index (χ0v) is 8.09. The van der Waals surface area contributed by atoms with Gasteiger partial charge in [0.2, 0.25) is 0 Å². The first-order chi connectivity index (χ1) is 6.24. The largest absolute Gasteiger partial charge is 0.452 e. The minimum Gasteiger partial charge on any atom is -0.452 e. The fraction of sp³-hybridized carbons (Fsp3) is 0.875. The summed E-state index contributed by atoms with van der Waals surface area (Å²) in [6.45, 7) is 4.10. The molecule has 13 heavy (non-hydrogen) atoms. The quantitative estimate of drug-likeness (QED) is 0.526. The highest BCUT2D eigenvalue weighted by molar-refractivity contribution is 5.66. The number of rotatable bonds is 2. The van der Waals surface area contributed by atoms with E-state index in [1.165, 1.54) is 7.11 Å². The maximum Gasteiger partial charge on any atom is 0.421 e. The first-order valence-electron chi connectivity index (χ1n) is 4.54. The van der Waals surface area contributed by atoms with E-state index < -0.39 is 6.09 Å². The highest BCUT2D eigenvalue weighted by Gasteiger charge is 2.20. The van der Waals surface area contributed by atoms with Crippen LogP contribution in [-0.2, 0) is 4.74 Å². The van der Waals surface area contributed by atoms with E-state index in [4.69, 9.17) is 0 Å². The van der Waals surface area contributed by atoms with Crippen LogP contribution >= 0.6 is 0 Å². The predicted molar refractivity (Wildman–Crippen MR) is 49.1 cm³/mol. The van der Waals surface area contributed by atoms with Crippen molar-refractivity contribution in [2.24, 2.45) is 5.92 Å². The number of nitrogens with one attached hydrogen (secondary N) is 3. The molecular weight excluding hydrogens is 170 g/mol. The van der Waals surface area contributed by atoms with Gasteiger partial charge >= 0.3 is 6.09 Å². The molecule has 1 aliphatic heterocycles. The second kappa shape index (κ2) is 5.04. The van der Waals surface area contributed by atoms with Gasteiger partial charge in [-0.1, -0.05) is 6.92 Å². The van der Waals surface area contributed by atoms with E-state index in [0.29, 0.717) is 5.92 Å². The van der Waals surface area contributed by atoms with Crippen molar-refractivity contribution in [3.8, 4) is 0 Å². The molecule has 0 aromatic rings. The summed E-state index contributed by atoms with van der Waals surface area (Å²) in [5.41, 5.74) is 5.42. The molecule has 3 N–H and O–H groups in total. The molecule has 1 amide bonds. The number of hydrogen-bond donors (Lipinski definition) is 3. The lowest BCUT2D eigenvalue weighted by atomic mass is 9.95. The number of carbonyl (C=O) groups is 1. The molecule has 1 heterocycles. The molecule has 0 aromatic carbocycles. The summed E-state index contributed by atoms with van der Waals surface area (Å²) >= 11 is 0. The Morgan fingerprint density at radius 1 is 1.62 bits per heavy atom. The van der Waals surface area contributed by atoms with Crippen LogP contribution in [-0.4, -0.2) is 32.3 Å². The summed E-state index contributed by atoms with van der Waals surface area (Å²) in [5, 5.41) is 3.25. The van der Waals surface area contributed by atoms with E-state index in [9.17, 15) is 4.79 Å². The summed E-state index contributed by atoms with van der Waals surface area (Å²) in [6.07, 6.45) is 0.679. The van der Waals surface area contributed by atoms with Crippen LogP contribution in [0.15, 0.2) is 0 Å². The maximum absolute atomic E-state index is 10.7. The van der Waals surface area contributed by atoms with Gasteiger partial charge in [-0.05, 0) is 18.9 Å². The van der Waals surface area contributed by atoms with Crippen molar-refractivity contribution in [3.63, 3.8) is 0 Å². The number of hydrazine groups is 1. The number of carbonyl (C=O) groups excluding carboxylic acids is 1. The second-order valence-corrected chi connectivity index (χ2v) is 3.34. The topological polar surface area (TPSA) is 62.4 Å². The molecule has 5 heteroatoms. The van der Waals surface area contributed by atoms with Crippen molar-refractivity contribution >= 4 is 6.09 Å². The molecule has 1 saturated heterocycles.